The van der Waals surface area contributed by atoms with Gasteiger partial charge in [0.2, 0.25) is 0 Å². The summed E-state index contributed by atoms with van der Waals surface area (Å²) < 4.78 is 5.30. The van der Waals surface area contributed by atoms with Gasteiger partial charge in [-0.05, 0) is 30.2 Å². The Bertz CT molecular complexity index is 783. The van der Waals surface area contributed by atoms with Crippen LogP contribution in [0, 0.1) is 0 Å². The zero-order valence-electron chi connectivity index (χ0n) is 15.5. The van der Waals surface area contributed by atoms with Gasteiger partial charge in [0.25, 0.3) is 11.8 Å². The lowest BCUT2D eigenvalue weighted by molar-refractivity contribution is -0.862. The molecule has 7 heteroatoms. The molecule has 0 saturated heterocycles. The number of nitrogens with one attached hydrogen (secondary N) is 3. The summed E-state index contributed by atoms with van der Waals surface area (Å²) in [4.78, 5) is 25.0. The van der Waals surface area contributed by atoms with Crippen LogP contribution in [0.5, 0.6) is 5.75 Å². The summed E-state index contributed by atoms with van der Waals surface area (Å²) in [5, 5.41) is 6.12. The normalized spacial score (nSPS) is 11.5. The highest BCUT2D eigenvalue weighted by atomic mass is 35.5. The lowest BCUT2D eigenvalue weighted by Crippen LogP contribution is -3.11. The minimum absolute atomic E-state index is 0.104. The molecule has 2 rings (SSSR count). The van der Waals surface area contributed by atoms with E-state index in [1.165, 1.54) is 0 Å². The first-order valence-corrected chi connectivity index (χ1v) is 9.11. The second-order valence-corrected chi connectivity index (χ2v) is 6.66. The third kappa shape index (κ3) is 6.92. The average molecular weight is 391 g/mol. The third-order valence-electron chi connectivity index (χ3n) is 3.98. The number of anilines is 1. The quantitative estimate of drug-likeness (QED) is 0.601. The number of carbonyl (C=O) groups excluding carboxylic acids is 2. The van der Waals surface area contributed by atoms with Crippen molar-refractivity contribution in [3.05, 3.63) is 59.1 Å². The maximum absolute atomic E-state index is 12.1. The molecule has 1 unspecified atom stereocenters. The van der Waals surface area contributed by atoms with E-state index in [0.29, 0.717) is 23.7 Å². The van der Waals surface area contributed by atoms with Gasteiger partial charge in [0.1, 0.15) is 5.75 Å². The molecule has 0 bridgehead atoms. The van der Waals surface area contributed by atoms with Crippen LogP contribution in [0.4, 0.5) is 5.69 Å². The van der Waals surface area contributed by atoms with Gasteiger partial charge in [0.05, 0.1) is 24.9 Å². The number of carbonyl (C=O) groups is 2. The number of hydrogen-bond donors (Lipinski definition) is 3. The first-order valence-electron chi connectivity index (χ1n) is 8.74. The fraction of sp³-hybridized carbons (Fsp3) is 0.300. The highest BCUT2D eigenvalue weighted by Crippen LogP contribution is 2.20. The van der Waals surface area contributed by atoms with Gasteiger partial charge in [-0.1, -0.05) is 41.9 Å². The minimum Gasteiger partial charge on any atom is -0.496 e. The number of ether oxygens (including phenoxy) is 1. The zero-order chi connectivity index (χ0) is 19.6. The van der Waals surface area contributed by atoms with Crippen molar-refractivity contribution in [3.8, 4) is 5.75 Å². The molecule has 0 aliphatic carbocycles. The summed E-state index contributed by atoms with van der Waals surface area (Å²) in [6.07, 6.45) is 0.682. The van der Waals surface area contributed by atoms with Crippen LogP contribution in [0.1, 0.15) is 5.56 Å². The molecule has 0 radical (unpaired) electrons. The summed E-state index contributed by atoms with van der Waals surface area (Å²) >= 11 is 6.02. The molecule has 0 aromatic heterocycles. The van der Waals surface area contributed by atoms with Crippen LogP contribution in [0.2, 0.25) is 5.02 Å². The molecule has 144 valence electrons. The molecule has 1 atom stereocenters. The van der Waals surface area contributed by atoms with Crippen molar-refractivity contribution in [2.24, 2.45) is 0 Å². The number of rotatable bonds is 9. The van der Waals surface area contributed by atoms with Crippen LogP contribution in [0.3, 0.4) is 0 Å². The van der Waals surface area contributed by atoms with Crippen molar-refractivity contribution in [1.29, 1.82) is 0 Å². The van der Waals surface area contributed by atoms with Crippen LogP contribution >= 0.6 is 11.6 Å². The maximum Gasteiger partial charge on any atom is 0.279 e. The summed E-state index contributed by atoms with van der Waals surface area (Å²) in [5.41, 5.74) is 1.61. The van der Waals surface area contributed by atoms with E-state index in [1.54, 1.807) is 38.4 Å². The summed E-state index contributed by atoms with van der Waals surface area (Å²) in [6.45, 7) is 0.894. The molecular formula is C20H25ClN3O3+. The molecule has 27 heavy (non-hydrogen) atoms. The van der Waals surface area contributed by atoms with E-state index >= 15 is 0 Å². The van der Waals surface area contributed by atoms with E-state index in [0.717, 1.165) is 16.2 Å². The van der Waals surface area contributed by atoms with Gasteiger partial charge < -0.3 is 20.3 Å². The molecule has 0 aliphatic heterocycles. The zero-order valence-corrected chi connectivity index (χ0v) is 16.3. The Kier molecular flexibility index (Phi) is 8.10. The molecule has 2 amide bonds. The van der Waals surface area contributed by atoms with Crippen LogP contribution < -0.4 is 20.3 Å². The number of quaternary nitrogens is 1. The van der Waals surface area contributed by atoms with Crippen molar-refractivity contribution in [1.82, 2.24) is 5.32 Å². The highest BCUT2D eigenvalue weighted by molar-refractivity contribution is 6.33. The lowest BCUT2D eigenvalue weighted by atomic mass is 10.1. The Morgan fingerprint density at radius 1 is 1.04 bits per heavy atom. The van der Waals surface area contributed by atoms with E-state index in [-0.39, 0.29) is 24.9 Å². The molecule has 0 heterocycles. The molecule has 0 fully saturated rings. The Morgan fingerprint density at radius 3 is 2.44 bits per heavy atom. The number of hydrogen-bond acceptors (Lipinski definition) is 3. The van der Waals surface area contributed by atoms with Crippen LogP contribution in [-0.4, -0.2) is 45.6 Å². The fourth-order valence-corrected chi connectivity index (χ4v) is 2.86. The number of benzene rings is 2. The van der Waals surface area contributed by atoms with Crippen molar-refractivity contribution >= 4 is 29.1 Å². The molecule has 2 aromatic rings. The first kappa shape index (κ1) is 20.7. The standard InChI is InChI=1S/C20H24ClN3O3/c1-24(14-20(26)23-17-9-5-4-8-16(17)21)13-19(25)22-12-11-15-7-3-6-10-18(15)27-2/h3-10H,11-14H2,1-2H3,(H,22,25)(H,23,26)/p+1. The van der Waals surface area contributed by atoms with Gasteiger partial charge in [-0.3, -0.25) is 9.59 Å². The number of para-hydroxylation sites is 2. The molecule has 6 nitrogen and oxygen atoms in total. The van der Waals surface area contributed by atoms with Crippen LogP contribution in [-0.2, 0) is 16.0 Å². The Balaban J connectivity index is 1.72. The number of halogens is 1. The van der Waals surface area contributed by atoms with E-state index in [4.69, 9.17) is 16.3 Å². The first-order chi connectivity index (χ1) is 13.0. The van der Waals surface area contributed by atoms with Crippen molar-refractivity contribution in [2.45, 2.75) is 6.42 Å². The van der Waals surface area contributed by atoms with Gasteiger partial charge in [0, 0.05) is 6.54 Å². The topological polar surface area (TPSA) is 71.9 Å². The van der Waals surface area contributed by atoms with Gasteiger partial charge in [-0.25, -0.2) is 0 Å². The minimum atomic E-state index is -0.192. The second-order valence-electron chi connectivity index (χ2n) is 6.25. The van der Waals surface area contributed by atoms with E-state index in [9.17, 15) is 9.59 Å². The Labute approximate surface area is 164 Å². The summed E-state index contributed by atoms with van der Waals surface area (Å²) in [5.74, 6) is 0.515. The largest absolute Gasteiger partial charge is 0.496 e. The predicted molar refractivity (Wildman–Crippen MR) is 106 cm³/mol. The number of likely N-dealkylation sites (N-methyl/N-ethyl adjacent to an activating group) is 1. The summed E-state index contributed by atoms with van der Waals surface area (Å²) in [7, 11) is 3.43. The monoisotopic (exact) mass is 390 g/mol. The molecule has 0 aliphatic rings. The van der Waals surface area contributed by atoms with Crippen LogP contribution in [0.15, 0.2) is 48.5 Å². The highest BCUT2D eigenvalue weighted by Gasteiger charge is 2.15. The van der Waals surface area contributed by atoms with Crippen molar-refractivity contribution in [2.75, 3.05) is 39.1 Å². The molecule has 0 saturated carbocycles. The number of amides is 2. The van der Waals surface area contributed by atoms with Crippen LogP contribution in [0.25, 0.3) is 0 Å². The molecular weight excluding hydrogens is 366 g/mol. The van der Waals surface area contributed by atoms with E-state index in [2.05, 4.69) is 10.6 Å². The number of methoxy groups -OCH3 is 1. The molecule has 2 aromatic carbocycles. The van der Waals surface area contributed by atoms with Gasteiger partial charge in [0.15, 0.2) is 13.1 Å². The Morgan fingerprint density at radius 2 is 1.70 bits per heavy atom. The fourth-order valence-electron chi connectivity index (χ4n) is 2.68. The van der Waals surface area contributed by atoms with Crippen molar-refractivity contribution in [3.63, 3.8) is 0 Å². The SMILES string of the molecule is COc1ccccc1CCNC(=O)C[NH+](C)CC(=O)Nc1ccccc1Cl. The average Bonchev–Trinajstić information content (AvgIpc) is 2.63. The maximum atomic E-state index is 12.1. The lowest BCUT2D eigenvalue weighted by Gasteiger charge is -2.14. The molecule has 0 spiro atoms. The van der Waals surface area contributed by atoms with Crippen molar-refractivity contribution < 1.29 is 19.2 Å². The van der Waals surface area contributed by atoms with Gasteiger partial charge in [-0.15, -0.1) is 0 Å². The second kappa shape index (κ2) is 10.5. The smallest absolute Gasteiger partial charge is 0.279 e. The summed E-state index contributed by atoms with van der Waals surface area (Å²) in [6, 6.07) is 14.8. The van der Waals surface area contributed by atoms with Gasteiger partial charge >= 0.3 is 0 Å². The van der Waals surface area contributed by atoms with E-state index < -0.39 is 0 Å². The van der Waals surface area contributed by atoms with Gasteiger partial charge in [-0.2, -0.15) is 0 Å². The predicted octanol–water partition coefficient (Wildman–Crippen LogP) is 1.16. The van der Waals surface area contributed by atoms with E-state index in [1.807, 2.05) is 24.3 Å². The third-order valence-corrected chi connectivity index (χ3v) is 4.31. The Hall–Kier alpha value is -2.57. The molecule has 3 N–H and O–H groups in total.